The number of halogens is 1. The number of aromatic amines is 1. The molecular weight excluding hydrogens is 655 g/mol. The molecule has 8 atom stereocenters. The van der Waals surface area contributed by atoms with Gasteiger partial charge >= 0.3 is 13.6 Å². The van der Waals surface area contributed by atoms with Gasteiger partial charge in [-0.1, -0.05) is 24.5 Å². The number of thiol groups is 2. The Morgan fingerprint density at radius 2 is 1.65 bits per heavy atom. The second kappa shape index (κ2) is 11.8. The molecule has 23 heteroatoms. The Hall–Kier alpha value is -2.45. The smallest absolute Gasteiger partial charge is 0.382 e. The average Bonchev–Trinajstić information content (AvgIpc) is 3.71. The lowest BCUT2D eigenvalue weighted by Crippen LogP contribution is -2.28. The second-order valence-corrected chi connectivity index (χ2v) is 15.2. The summed E-state index contributed by atoms with van der Waals surface area (Å²) in [4.78, 5) is 44.3. The van der Waals surface area contributed by atoms with Crippen LogP contribution in [0.1, 0.15) is 25.3 Å². The number of hydrogen-bond acceptors (Lipinski definition) is 14. The molecule has 6 heterocycles. The van der Waals surface area contributed by atoms with Gasteiger partial charge in [-0.25, -0.2) is 38.4 Å². The predicted molar refractivity (Wildman–Crippen MR) is 152 cm³/mol. The molecule has 4 aromatic heterocycles. The monoisotopic (exact) mass is 679 g/mol. The number of aromatic nitrogens is 8. The van der Waals surface area contributed by atoms with E-state index in [0.717, 1.165) is 0 Å². The molecule has 0 aliphatic carbocycles. The number of ether oxygens (including phenoxy) is 2. The summed E-state index contributed by atoms with van der Waals surface area (Å²) in [5.74, 6) is 0.163. The molecule has 5 unspecified atom stereocenters. The van der Waals surface area contributed by atoms with Gasteiger partial charge in [0.1, 0.15) is 48.8 Å². The van der Waals surface area contributed by atoms with E-state index >= 15 is 0 Å². The number of nitrogen functional groups attached to an aromatic ring is 1. The maximum absolute atomic E-state index is 14.9. The van der Waals surface area contributed by atoms with Crippen molar-refractivity contribution in [3.05, 3.63) is 35.7 Å². The number of hydrogen-bond donors (Lipinski definition) is 5. The zero-order valence-corrected chi connectivity index (χ0v) is 25.3. The van der Waals surface area contributed by atoms with E-state index in [0.29, 0.717) is 11.2 Å². The first kappa shape index (κ1) is 30.6. The highest BCUT2D eigenvalue weighted by Crippen LogP contribution is 2.57. The van der Waals surface area contributed by atoms with Gasteiger partial charge in [0.05, 0.1) is 32.2 Å². The lowest BCUT2D eigenvalue weighted by molar-refractivity contribution is -0.0415. The van der Waals surface area contributed by atoms with Crippen molar-refractivity contribution in [1.29, 1.82) is 0 Å². The third-order valence-corrected chi connectivity index (χ3v) is 9.27. The van der Waals surface area contributed by atoms with E-state index in [4.69, 9.17) is 28.8 Å². The Morgan fingerprint density at radius 1 is 1.00 bits per heavy atom. The first-order chi connectivity index (χ1) is 20.4. The van der Waals surface area contributed by atoms with Crippen LogP contribution in [0, 0.1) is 0 Å². The van der Waals surface area contributed by atoms with Crippen LogP contribution in [0.15, 0.2) is 30.1 Å². The molecule has 0 bridgehead atoms. The van der Waals surface area contributed by atoms with E-state index < -0.39 is 69.3 Å². The van der Waals surface area contributed by atoms with Gasteiger partial charge in [0.2, 0.25) is 0 Å². The zero-order valence-electron chi connectivity index (χ0n) is 21.7. The Balaban J connectivity index is 1.13. The van der Waals surface area contributed by atoms with Crippen molar-refractivity contribution >= 4 is 66.2 Å². The zero-order chi connectivity index (χ0) is 30.5. The number of imidazole rings is 2. The van der Waals surface area contributed by atoms with Gasteiger partial charge in [-0.15, -0.1) is 0 Å². The Labute approximate surface area is 250 Å². The molecule has 232 valence electrons. The summed E-state index contributed by atoms with van der Waals surface area (Å²) in [6, 6.07) is 0. The van der Waals surface area contributed by atoms with Crippen molar-refractivity contribution in [2.45, 2.75) is 49.8 Å². The molecule has 0 spiro atoms. The lowest BCUT2D eigenvalue weighted by atomic mass is 10.2. The van der Waals surface area contributed by atoms with Gasteiger partial charge in [-0.2, -0.15) is 0 Å². The largest absolute Gasteiger partial charge is 0.386 e. The quantitative estimate of drug-likeness (QED) is 0.119. The van der Waals surface area contributed by atoms with Crippen LogP contribution in [0.5, 0.6) is 0 Å². The maximum Gasteiger partial charge on any atom is 0.386 e. The molecule has 4 N–H and O–H groups in total. The van der Waals surface area contributed by atoms with E-state index in [1.165, 1.54) is 34.4 Å². The molecule has 0 saturated carbocycles. The molecule has 43 heavy (non-hydrogen) atoms. The van der Waals surface area contributed by atoms with E-state index in [1.807, 2.05) is 0 Å². The first-order valence-corrected chi connectivity index (χ1v) is 17.9. The van der Waals surface area contributed by atoms with Crippen molar-refractivity contribution in [1.82, 2.24) is 39.0 Å². The van der Waals surface area contributed by atoms with Crippen LogP contribution in [0.2, 0.25) is 0 Å². The number of alkyl halides is 1. The highest BCUT2D eigenvalue weighted by molar-refractivity contribution is 8.44. The molecule has 0 amide bonds. The van der Waals surface area contributed by atoms with Crippen molar-refractivity contribution in [3.63, 3.8) is 0 Å². The van der Waals surface area contributed by atoms with E-state index in [-0.39, 0.29) is 29.8 Å². The van der Waals surface area contributed by atoms with Crippen LogP contribution in [-0.4, -0.2) is 81.6 Å². The van der Waals surface area contributed by atoms with E-state index in [1.54, 1.807) is 0 Å². The van der Waals surface area contributed by atoms with Crippen LogP contribution in [-0.2, 0) is 32.2 Å². The van der Waals surface area contributed by atoms with Crippen LogP contribution in [0.3, 0.4) is 0 Å². The second-order valence-electron chi connectivity index (χ2n) is 9.58. The topological polar surface area (TPSA) is 234 Å². The van der Waals surface area contributed by atoms with Crippen LogP contribution >= 0.6 is 38.1 Å². The molecule has 2 saturated heterocycles. The van der Waals surface area contributed by atoms with Gasteiger partial charge in [0, 0.05) is 12.8 Å². The Morgan fingerprint density at radius 3 is 2.40 bits per heavy atom. The van der Waals surface area contributed by atoms with Crippen molar-refractivity contribution in [2.24, 2.45) is 0 Å². The highest BCUT2D eigenvalue weighted by Gasteiger charge is 2.44. The number of H-pyrrole nitrogens is 1. The summed E-state index contributed by atoms with van der Waals surface area (Å²) in [5.41, 5.74) is 6.29. The van der Waals surface area contributed by atoms with Gasteiger partial charge < -0.3 is 25.1 Å². The van der Waals surface area contributed by atoms with Crippen LogP contribution in [0.4, 0.5) is 10.2 Å². The van der Waals surface area contributed by atoms with Gasteiger partial charge in [0.25, 0.3) is 5.56 Å². The summed E-state index contributed by atoms with van der Waals surface area (Å²) in [5, 5.41) is 0. The Kier molecular flexibility index (Phi) is 8.40. The minimum atomic E-state index is -4.22. The fourth-order valence-electron chi connectivity index (χ4n) is 4.84. The summed E-state index contributed by atoms with van der Waals surface area (Å²) in [6.45, 7) is -9.39. The average molecular weight is 680 g/mol. The number of nitrogens with zero attached hydrogens (tertiary/aromatic N) is 7. The maximum atomic E-state index is 14.9. The van der Waals surface area contributed by atoms with Crippen molar-refractivity contribution < 1.29 is 41.5 Å². The lowest BCUT2D eigenvalue weighted by Gasteiger charge is -2.23. The number of rotatable bonds is 10. The molecule has 2 fully saturated rings. The van der Waals surface area contributed by atoms with Crippen LogP contribution < -0.4 is 11.3 Å². The Bertz CT molecular complexity index is 1800. The number of fused-ring (bicyclic) bond motifs is 2. The first-order valence-electron chi connectivity index (χ1n) is 12.5. The molecule has 18 nitrogen and oxygen atoms in total. The third kappa shape index (κ3) is 6.51. The van der Waals surface area contributed by atoms with Crippen LogP contribution in [0.25, 0.3) is 22.3 Å². The normalized spacial score (nSPS) is 28.8. The fourth-order valence-corrected chi connectivity index (χ4v) is 6.90. The van der Waals surface area contributed by atoms with Gasteiger partial charge in [-0.3, -0.25) is 27.5 Å². The molecule has 0 radical (unpaired) electrons. The standard InChI is InChI=1S/C20H24FN9O9P2S2/c21-9-1-13(29-7-27-15-17(22)23-5-24-18(15)29)37-11(9)3-36-41(34,43)39-10-2-14(38-12(10)4-35-40(32,33)42)30-8-28-16-19(30)25-6-26-20(16)31/h5-14H,1-4H2,(H,34,43)(H2,22,23,24)(H,25,26,31)(H2,32,33,42)/t9?,10-,11+,12+,13?,14?,41?/m0/s1. The minimum absolute atomic E-state index is 0.00337. The highest BCUT2D eigenvalue weighted by atomic mass is 32.7. The summed E-state index contributed by atoms with van der Waals surface area (Å²) in [6.07, 6.45) is -1.32. The molecule has 0 aromatic carbocycles. The molecular formula is C20H24FN9O9P2S2. The number of nitrogens with two attached hydrogens (primary N) is 1. The summed E-state index contributed by atoms with van der Waals surface area (Å²) >= 11 is 7.54. The van der Waals surface area contributed by atoms with E-state index in [2.05, 4.69) is 54.4 Å². The van der Waals surface area contributed by atoms with Crippen molar-refractivity contribution in [3.8, 4) is 0 Å². The van der Waals surface area contributed by atoms with Gasteiger partial charge in [-0.05, 0) is 0 Å². The van der Waals surface area contributed by atoms with Crippen molar-refractivity contribution in [2.75, 3.05) is 18.9 Å². The summed E-state index contributed by atoms with van der Waals surface area (Å²) < 4.78 is 70.5. The van der Waals surface area contributed by atoms with Gasteiger partial charge in [0.15, 0.2) is 22.6 Å². The number of nitrogens with one attached hydrogen (secondary N) is 1. The predicted octanol–water partition coefficient (Wildman–Crippen LogP) is 1.94. The SMILES string of the molecule is Nc1ncnc2c1ncn2C1CC(F)[C@@H](COP(=O)(S)O[C@H]2CC(n3cnc4c(=O)[nH]cnc43)O[C@@H]2COP(=O)(O)S)O1. The molecule has 6 rings (SSSR count). The molecule has 2 aliphatic heterocycles. The summed E-state index contributed by atoms with van der Waals surface area (Å²) in [7, 11) is 0. The third-order valence-electron chi connectivity index (χ3n) is 6.79. The minimum Gasteiger partial charge on any atom is -0.382 e. The fraction of sp³-hybridized carbons (Fsp3) is 0.500. The molecule has 2 aliphatic rings. The number of anilines is 1. The molecule has 4 aromatic rings. The van der Waals surface area contributed by atoms with E-state index in [9.17, 15) is 23.2 Å².